The van der Waals surface area contributed by atoms with E-state index in [-0.39, 0.29) is 11.7 Å². The molecule has 6 nitrogen and oxygen atoms in total. The van der Waals surface area contributed by atoms with E-state index in [1.807, 2.05) is 26.8 Å². The van der Waals surface area contributed by atoms with Gasteiger partial charge in [-0.05, 0) is 39.7 Å². The van der Waals surface area contributed by atoms with Gasteiger partial charge in [0.15, 0.2) is 0 Å². The molecule has 0 saturated carbocycles. The SMILES string of the molecule is Cc1cnc(C2=CCN(C(=O)OC(C)(C)C)CC2)c(=O)[nH]1. The zero-order chi connectivity index (χ0) is 15.6. The summed E-state index contributed by atoms with van der Waals surface area (Å²) in [4.78, 5) is 32.4. The number of hydrogen-bond acceptors (Lipinski definition) is 4. The number of ether oxygens (including phenoxy) is 1. The molecule has 0 aromatic carbocycles. The van der Waals surface area contributed by atoms with E-state index in [1.54, 1.807) is 18.0 Å². The third-order valence-corrected chi connectivity index (χ3v) is 3.08. The molecule has 114 valence electrons. The van der Waals surface area contributed by atoms with Gasteiger partial charge >= 0.3 is 6.09 Å². The highest BCUT2D eigenvalue weighted by atomic mass is 16.6. The molecule has 1 aromatic rings. The number of nitrogens with one attached hydrogen (secondary N) is 1. The Morgan fingerprint density at radius 2 is 2.14 bits per heavy atom. The minimum atomic E-state index is -0.503. The van der Waals surface area contributed by atoms with Crippen LogP contribution in [0.5, 0.6) is 0 Å². The number of amides is 1. The Morgan fingerprint density at radius 3 is 2.67 bits per heavy atom. The Labute approximate surface area is 123 Å². The summed E-state index contributed by atoms with van der Waals surface area (Å²) in [5, 5.41) is 0. The van der Waals surface area contributed by atoms with E-state index >= 15 is 0 Å². The van der Waals surface area contributed by atoms with Crippen LogP contribution in [0.1, 0.15) is 38.6 Å². The molecular weight excluding hydrogens is 270 g/mol. The normalized spacial score (nSPS) is 15.6. The largest absolute Gasteiger partial charge is 0.444 e. The molecule has 0 unspecified atom stereocenters. The number of carbonyl (C=O) groups is 1. The number of nitrogens with zero attached hydrogens (tertiary/aromatic N) is 2. The quantitative estimate of drug-likeness (QED) is 0.859. The van der Waals surface area contributed by atoms with Crippen LogP contribution in [-0.2, 0) is 4.74 Å². The lowest BCUT2D eigenvalue weighted by Gasteiger charge is -2.29. The van der Waals surface area contributed by atoms with Gasteiger partial charge in [0.2, 0.25) is 0 Å². The summed E-state index contributed by atoms with van der Waals surface area (Å²) in [5.41, 5.74) is 1.35. The molecule has 0 bridgehead atoms. The fourth-order valence-electron chi connectivity index (χ4n) is 2.10. The van der Waals surface area contributed by atoms with E-state index in [4.69, 9.17) is 4.74 Å². The van der Waals surface area contributed by atoms with Crippen molar-refractivity contribution in [2.75, 3.05) is 13.1 Å². The van der Waals surface area contributed by atoms with Gasteiger partial charge < -0.3 is 14.6 Å². The highest BCUT2D eigenvalue weighted by Crippen LogP contribution is 2.19. The second-order valence-electron chi connectivity index (χ2n) is 6.15. The van der Waals surface area contributed by atoms with Crippen molar-refractivity contribution in [3.8, 4) is 0 Å². The number of aryl methyl sites for hydroxylation is 1. The lowest BCUT2D eigenvalue weighted by Crippen LogP contribution is -2.39. The lowest BCUT2D eigenvalue weighted by molar-refractivity contribution is 0.0270. The third-order valence-electron chi connectivity index (χ3n) is 3.08. The van der Waals surface area contributed by atoms with Gasteiger partial charge in [0.1, 0.15) is 11.3 Å². The maximum absolute atomic E-state index is 12.0. The zero-order valence-electron chi connectivity index (χ0n) is 12.9. The van der Waals surface area contributed by atoms with Gasteiger partial charge in [0, 0.05) is 25.0 Å². The summed E-state index contributed by atoms with van der Waals surface area (Å²) in [5.74, 6) is 0. The number of carbonyl (C=O) groups excluding carboxylic acids is 1. The van der Waals surface area contributed by atoms with Crippen molar-refractivity contribution < 1.29 is 9.53 Å². The molecule has 0 spiro atoms. The number of aromatic amines is 1. The topological polar surface area (TPSA) is 75.3 Å². The van der Waals surface area contributed by atoms with Crippen LogP contribution in [0.15, 0.2) is 17.1 Å². The van der Waals surface area contributed by atoms with E-state index in [1.165, 1.54) is 0 Å². The molecule has 0 radical (unpaired) electrons. The predicted octanol–water partition coefficient (Wildman–Crippen LogP) is 2.10. The molecule has 2 rings (SSSR count). The molecule has 6 heteroatoms. The summed E-state index contributed by atoms with van der Waals surface area (Å²) in [6.07, 6.45) is 3.76. The van der Waals surface area contributed by atoms with Gasteiger partial charge in [-0.15, -0.1) is 0 Å². The highest BCUT2D eigenvalue weighted by Gasteiger charge is 2.24. The minimum Gasteiger partial charge on any atom is -0.444 e. The smallest absolute Gasteiger partial charge is 0.410 e. The average Bonchev–Trinajstić information content (AvgIpc) is 2.37. The molecule has 0 aliphatic carbocycles. The molecule has 1 aliphatic heterocycles. The first-order valence-electron chi connectivity index (χ1n) is 6.99. The number of rotatable bonds is 1. The maximum Gasteiger partial charge on any atom is 0.410 e. The van der Waals surface area contributed by atoms with Crippen LogP contribution < -0.4 is 5.56 Å². The standard InChI is InChI=1S/C15H21N3O3/c1-10-9-16-12(13(19)17-10)11-5-7-18(8-6-11)14(20)21-15(2,3)4/h5,9H,6-8H2,1-4H3,(H,17,19). The van der Waals surface area contributed by atoms with Crippen molar-refractivity contribution in [1.82, 2.24) is 14.9 Å². The lowest BCUT2D eigenvalue weighted by atomic mass is 10.1. The maximum atomic E-state index is 12.0. The monoisotopic (exact) mass is 291 g/mol. The van der Waals surface area contributed by atoms with Crippen molar-refractivity contribution in [2.45, 2.75) is 39.7 Å². The fraction of sp³-hybridized carbons (Fsp3) is 0.533. The van der Waals surface area contributed by atoms with E-state index in [9.17, 15) is 9.59 Å². The van der Waals surface area contributed by atoms with Crippen molar-refractivity contribution >= 4 is 11.7 Å². The summed E-state index contributed by atoms with van der Waals surface area (Å²) in [6, 6.07) is 0. The summed E-state index contributed by atoms with van der Waals surface area (Å²) < 4.78 is 5.33. The third kappa shape index (κ3) is 3.93. The Kier molecular flexibility index (Phi) is 4.16. The van der Waals surface area contributed by atoms with E-state index < -0.39 is 5.60 Å². The summed E-state index contributed by atoms with van der Waals surface area (Å²) >= 11 is 0. The molecule has 1 aliphatic rings. The van der Waals surface area contributed by atoms with Gasteiger partial charge in [-0.1, -0.05) is 6.08 Å². The van der Waals surface area contributed by atoms with Crippen LogP contribution in [0.3, 0.4) is 0 Å². The molecule has 21 heavy (non-hydrogen) atoms. The predicted molar refractivity (Wildman–Crippen MR) is 80.0 cm³/mol. The minimum absolute atomic E-state index is 0.188. The van der Waals surface area contributed by atoms with Crippen LogP contribution in [-0.4, -0.2) is 39.7 Å². The van der Waals surface area contributed by atoms with Gasteiger partial charge in [-0.25, -0.2) is 9.78 Å². The van der Waals surface area contributed by atoms with Gasteiger partial charge in [-0.3, -0.25) is 4.79 Å². The zero-order valence-corrected chi connectivity index (χ0v) is 12.9. The fourth-order valence-corrected chi connectivity index (χ4v) is 2.10. The van der Waals surface area contributed by atoms with Crippen molar-refractivity contribution in [3.05, 3.63) is 34.0 Å². The van der Waals surface area contributed by atoms with E-state index in [0.717, 1.165) is 11.3 Å². The Bertz CT molecular complexity index is 626. The van der Waals surface area contributed by atoms with Crippen molar-refractivity contribution in [1.29, 1.82) is 0 Å². The number of aromatic nitrogens is 2. The molecule has 0 atom stereocenters. The highest BCUT2D eigenvalue weighted by molar-refractivity contribution is 5.71. The Balaban J connectivity index is 2.08. The van der Waals surface area contributed by atoms with E-state index in [2.05, 4.69) is 9.97 Å². The van der Waals surface area contributed by atoms with Gasteiger partial charge in [0.25, 0.3) is 5.56 Å². The summed E-state index contributed by atoms with van der Waals surface area (Å²) in [6.45, 7) is 8.26. The number of hydrogen-bond donors (Lipinski definition) is 1. The Morgan fingerprint density at radius 1 is 1.43 bits per heavy atom. The molecule has 1 aromatic heterocycles. The van der Waals surface area contributed by atoms with Crippen LogP contribution >= 0.6 is 0 Å². The molecular formula is C15H21N3O3. The molecule has 2 heterocycles. The molecule has 1 amide bonds. The van der Waals surface area contributed by atoms with Crippen LogP contribution in [0, 0.1) is 6.92 Å². The second-order valence-corrected chi connectivity index (χ2v) is 6.15. The number of H-pyrrole nitrogens is 1. The second kappa shape index (κ2) is 5.71. The van der Waals surface area contributed by atoms with Crippen LogP contribution in [0.2, 0.25) is 0 Å². The van der Waals surface area contributed by atoms with E-state index in [0.29, 0.717) is 25.2 Å². The van der Waals surface area contributed by atoms with Gasteiger partial charge in [-0.2, -0.15) is 0 Å². The van der Waals surface area contributed by atoms with Crippen LogP contribution in [0.25, 0.3) is 5.57 Å². The first kappa shape index (κ1) is 15.3. The first-order valence-corrected chi connectivity index (χ1v) is 6.99. The van der Waals surface area contributed by atoms with Gasteiger partial charge in [0.05, 0.1) is 0 Å². The average molecular weight is 291 g/mol. The van der Waals surface area contributed by atoms with Crippen molar-refractivity contribution in [3.63, 3.8) is 0 Å². The molecule has 1 N–H and O–H groups in total. The summed E-state index contributed by atoms with van der Waals surface area (Å²) in [7, 11) is 0. The Hall–Kier alpha value is -2.11. The first-order chi connectivity index (χ1) is 9.76. The molecule has 0 saturated heterocycles. The van der Waals surface area contributed by atoms with Crippen LogP contribution in [0.4, 0.5) is 4.79 Å². The molecule has 0 fully saturated rings. The van der Waals surface area contributed by atoms with Crippen molar-refractivity contribution in [2.24, 2.45) is 0 Å².